The van der Waals surface area contributed by atoms with E-state index in [0.29, 0.717) is 11.1 Å². The third-order valence-electron chi connectivity index (χ3n) is 7.19. The van der Waals surface area contributed by atoms with Gasteiger partial charge in [0.1, 0.15) is 24.7 Å². The zero-order valence-electron chi connectivity index (χ0n) is 24.8. The molecular formula is C35H30N4O5. The van der Waals surface area contributed by atoms with Gasteiger partial charge in [-0.3, -0.25) is 4.79 Å². The number of carbonyl (C=O) groups excluding carboxylic acids is 1. The van der Waals surface area contributed by atoms with Crippen molar-refractivity contribution in [2.24, 2.45) is 0 Å². The van der Waals surface area contributed by atoms with Crippen LogP contribution >= 0.6 is 0 Å². The Labute approximate surface area is 254 Å². The van der Waals surface area contributed by atoms with Crippen molar-refractivity contribution in [1.29, 1.82) is 0 Å². The Balaban J connectivity index is 1.19. The van der Waals surface area contributed by atoms with Crippen molar-refractivity contribution >= 4 is 5.78 Å². The fourth-order valence-electron chi connectivity index (χ4n) is 4.69. The summed E-state index contributed by atoms with van der Waals surface area (Å²) < 4.78 is 23.8. The maximum Gasteiger partial charge on any atom is 0.306 e. The summed E-state index contributed by atoms with van der Waals surface area (Å²) in [4.78, 5) is 13.2. The van der Waals surface area contributed by atoms with Gasteiger partial charge in [-0.15, -0.1) is 20.4 Å². The van der Waals surface area contributed by atoms with Crippen LogP contribution in [0, 0.1) is 27.7 Å². The summed E-state index contributed by atoms with van der Waals surface area (Å²) in [7, 11) is 0. The average molecular weight is 587 g/mol. The third-order valence-corrected chi connectivity index (χ3v) is 7.19. The molecule has 44 heavy (non-hydrogen) atoms. The lowest BCUT2D eigenvalue weighted by atomic mass is 10.1. The predicted octanol–water partition coefficient (Wildman–Crippen LogP) is 7.41. The van der Waals surface area contributed by atoms with Gasteiger partial charge < -0.3 is 18.3 Å². The van der Waals surface area contributed by atoms with Gasteiger partial charge in [0.05, 0.1) is 0 Å². The van der Waals surface area contributed by atoms with E-state index in [1.54, 1.807) is 0 Å². The quantitative estimate of drug-likeness (QED) is 0.151. The molecular weight excluding hydrogens is 556 g/mol. The number of nitrogens with zero attached hydrogens (tertiary/aromatic N) is 4. The van der Waals surface area contributed by atoms with Crippen molar-refractivity contribution < 1.29 is 23.1 Å². The van der Waals surface area contributed by atoms with Crippen molar-refractivity contribution in [3.8, 4) is 34.4 Å². The fourth-order valence-corrected chi connectivity index (χ4v) is 4.69. The molecule has 0 aliphatic rings. The Kier molecular flexibility index (Phi) is 8.01. The fraction of sp³-hybridized carbons (Fsp3) is 0.171. The third kappa shape index (κ3) is 6.12. The molecule has 6 aromatic rings. The molecule has 2 heterocycles. The molecule has 0 aliphatic heterocycles. The molecule has 6 rings (SSSR count). The van der Waals surface area contributed by atoms with Gasteiger partial charge in [-0.2, -0.15) is 0 Å². The van der Waals surface area contributed by atoms with Gasteiger partial charge >= 0.3 is 5.78 Å². The molecule has 2 aromatic heterocycles. The van der Waals surface area contributed by atoms with E-state index in [1.807, 2.05) is 113 Å². The highest BCUT2D eigenvalue weighted by Crippen LogP contribution is 2.28. The maximum atomic E-state index is 13.2. The van der Waals surface area contributed by atoms with Gasteiger partial charge in [0.25, 0.3) is 11.8 Å². The number of carbonyl (C=O) groups is 1. The second-order valence-electron chi connectivity index (χ2n) is 10.6. The summed E-state index contributed by atoms with van der Waals surface area (Å²) in [6, 6.07) is 27.1. The first-order valence-corrected chi connectivity index (χ1v) is 14.1. The number of ketones is 1. The monoisotopic (exact) mass is 586 g/mol. The second-order valence-corrected chi connectivity index (χ2v) is 10.6. The van der Waals surface area contributed by atoms with E-state index in [0.717, 1.165) is 44.9 Å². The maximum absolute atomic E-state index is 13.2. The van der Waals surface area contributed by atoms with Crippen molar-refractivity contribution in [2.75, 3.05) is 0 Å². The second kappa shape index (κ2) is 12.3. The van der Waals surface area contributed by atoms with E-state index >= 15 is 0 Å². The molecule has 0 fully saturated rings. The van der Waals surface area contributed by atoms with Gasteiger partial charge in [-0.25, -0.2) is 0 Å². The SMILES string of the molecule is Cc1ccc(C)c(OCc2ccccc2-c2nnc(C(=O)c3nnc(-c4ccccc4COc4cc(C)ccc4C)o3)o2)c1. The summed E-state index contributed by atoms with van der Waals surface area (Å²) in [6.07, 6.45) is 0. The molecule has 4 aromatic carbocycles. The molecule has 0 saturated carbocycles. The van der Waals surface area contributed by atoms with Gasteiger partial charge in [-0.1, -0.05) is 60.7 Å². The minimum Gasteiger partial charge on any atom is -0.489 e. The molecule has 0 N–H and O–H groups in total. The first kappa shape index (κ1) is 28.5. The molecule has 0 unspecified atom stereocenters. The first-order valence-electron chi connectivity index (χ1n) is 14.1. The topological polar surface area (TPSA) is 113 Å². The Morgan fingerprint density at radius 2 is 1.02 bits per heavy atom. The summed E-state index contributed by atoms with van der Waals surface area (Å²) >= 11 is 0. The van der Waals surface area contributed by atoms with Gasteiger partial charge in [0, 0.05) is 22.3 Å². The minimum absolute atomic E-state index is 0.183. The minimum atomic E-state index is -0.671. The van der Waals surface area contributed by atoms with E-state index < -0.39 is 5.78 Å². The highest BCUT2D eigenvalue weighted by atomic mass is 16.5. The van der Waals surface area contributed by atoms with Crippen LogP contribution in [-0.2, 0) is 13.2 Å². The van der Waals surface area contributed by atoms with Crippen molar-refractivity contribution in [3.63, 3.8) is 0 Å². The molecule has 0 saturated heterocycles. The molecule has 9 heteroatoms. The van der Waals surface area contributed by atoms with Crippen molar-refractivity contribution in [1.82, 2.24) is 20.4 Å². The van der Waals surface area contributed by atoms with Crippen LogP contribution in [-0.4, -0.2) is 26.2 Å². The summed E-state index contributed by atoms with van der Waals surface area (Å²) in [5.74, 6) is 0.776. The zero-order valence-corrected chi connectivity index (χ0v) is 24.8. The Morgan fingerprint density at radius 1 is 0.591 bits per heavy atom. The van der Waals surface area contributed by atoms with Crippen LogP contribution < -0.4 is 9.47 Å². The van der Waals surface area contributed by atoms with Crippen molar-refractivity contribution in [2.45, 2.75) is 40.9 Å². The average Bonchev–Trinajstić information content (AvgIpc) is 3.73. The number of ether oxygens (including phenoxy) is 2. The Morgan fingerprint density at radius 3 is 1.48 bits per heavy atom. The lowest BCUT2D eigenvalue weighted by Crippen LogP contribution is -2.02. The van der Waals surface area contributed by atoms with Crippen LogP contribution in [0.3, 0.4) is 0 Å². The lowest BCUT2D eigenvalue weighted by molar-refractivity contribution is 0.0971. The number of hydrogen-bond acceptors (Lipinski definition) is 9. The number of hydrogen-bond donors (Lipinski definition) is 0. The summed E-state index contributed by atoms with van der Waals surface area (Å²) in [5.41, 5.74) is 7.27. The largest absolute Gasteiger partial charge is 0.489 e. The molecule has 0 aliphatic carbocycles. The van der Waals surface area contributed by atoms with Crippen LogP contribution in [0.1, 0.15) is 50.0 Å². The number of aryl methyl sites for hydroxylation is 4. The van der Waals surface area contributed by atoms with Crippen molar-refractivity contribution in [3.05, 3.63) is 130 Å². The van der Waals surface area contributed by atoms with Gasteiger partial charge in [0.15, 0.2) is 0 Å². The van der Waals surface area contributed by atoms with Crippen LogP contribution in [0.2, 0.25) is 0 Å². The normalized spacial score (nSPS) is 11.0. The van der Waals surface area contributed by atoms with E-state index in [9.17, 15) is 4.79 Å². The highest BCUT2D eigenvalue weighted by molar-refractivity contribution is 6.02. The van der Waals surface area contributed by atoms with Crippen LogP contribution in [0.4, 0.5) is 0 Å². The van der Waals surface area contributed by atoms with Crippen LogP contribution in [0.5, 0.6) is 11.5 Å². The zero-order chi connectivity index (χ0) is 30.6. The first-order chi connectivity index (χ1) is 21.4. The summed E-state index contributed by atoms with van der Waals surface area (Å²) in [5, 5.41) is 16.2. The Hall–Kier alpha value is -5.57. The van der Waals surface area contributed by atoms with E-state index in [-0.39, 0.29) is 36.8 Å². The molecule has 9 nitrogen and oxygen atoms in total. The predicted molar refractivity (Wildman–Crippen MR) is 163 cm³/mol. The standard InChI is InChI=1S/C35H30N4O5/c1-21-13-15-23(3)29(17-21)41-19-25-9-5-7-11-27(25)32-36-38-34(43-32)31(40)35-39-37-33(44-35)28-12-8-6-10-26(28)20-42-30-18-22(2)14-16-24(30)4/h5-18H,19-20H2,1-4H3. The molecule has 0 radical (unpaired) electrons. The van der Waals surface area contributed by atoms with E-state index in [2.05, 4.69) is 20.4 Å². The lowest BCUT2D eigenvalue weighted by Gasteiger charge is -2.11. The van der Waals surface area contributed by atoms with E-state index in [1.165, 1.54) is 0 Å². The molecule has 220 valence electrons. The molecule has 0 bridgehead atoms. The molecule has 0 spiro atoms. The van der Waals surface area contributed by atoms with E-state index in [4.69, 9.17) is 18.3 Å². The Bertz CT molecular complexity index is 1820. The van der Waals surface area contributed by atoms with Gasteiger partial charge in [-0.05, 0) is 74.2 Å². The summed E-state index contributed by atoms with van der Waals surface area (Å²) in [6.45, 7) is 8.60. The van der Waals surface area contributed by atoms with Gasteiger partial charge in [0.2, 0.25) is 11.8 Å². The number of rotatable bonds is 10. The smallest absolute Gasteiger partial charge is 0.306 e. The van der Waals surface area contributed by atoms with Crippen LogP contribution in [0.25, 0.3) is 22.9 Å². The number of benzene rings is 4. The molecule has 0 atom stereocenters. The number of aromatic nitrogens is 4. The molecule has 0 amide bonds. The highest BCUT2D eigenvalue weighted by Gasteiger charge is 2.25. The van der Waals surface area contributed by atoms with Crippen LogP contribution in [0.15, 0.2) is 93.8 Å².